The first kappa shape index (κ1) is 16.8. The molecule has 0 aromatic rings. The van der Waals surface area contributed by atoms with E-state index in [0.29, 0.717) is 24.3 Å². The molecule has 3 heteroatoms. The van der Waals surface area contributed by atoms with Crippen molar-refractivity contribution in [3.05, 3.63) is 0 Å². The van der Waals surface area contributed by atoms with E-state index >= 15 is 0 Å². The lowest BCUT2D eigenvalue weighted by Gasteiger charge is -2.38. The quantitative estimate of drug-likeness (QED) is 0.842. The Kier molecular flexibility index (Phi) is 5.70. The van der Waals surface area contributed by atoms with Crippen molar-refractivity contribution in [1.82, 2.24) is 4.90 Å². The van der Waals surface area contributed by atoms with Crippen molar-refractivity contribution < 1.29 is 4.79 Å². The molecule has 0 aromatic carbocycles. The van der Waals surface area contributed by atoms with Gasteiger partial charge in [0.2, 0.25) is 5.91 Å². The highest BCUT2D eigenvalue weighted by Crippen LogP contribution is 2.38. The molecular formula is C18H34N2O. The van der Waals surface area contributed by atoms with E-state index in [1.807, 2.05) is 0 Å². The van der Waals surface area contributed by atoms with Crippen molar-refractivity contribution in [2.24, 2.45) is 23.0 Å². The predicted octanol–water partition coefficient (Wildman–Crippen LogP) is 3.57. The molecule has 122 valence electrons. The molecule has 0 aromatic heterocycles. The molecule has 1 saturated carbocycles. The molecule has 0 radical (unpaired) electrons. The van der Waals surface area contributed by atoms with Gasteiger partial charge in [0.15, 0.2) is 0 Å². The number of piperidine rings is 1. The third kappa shape index (κ3) is 4.21. The zero-order valence-corrected chi connectivity index (χ0v) is 14.2. The van der Waals surface area contributed by atoms with E-state index in [1.165, 1.54) is 32.1 Å². The zero-order chi connectivity index (χ0) is 15.5. The van der Waals surface area contributed by atoms with Gasteiger partial charge in [-0.1, -0.05) is 27.2 Å². The molecule has 2 rings (SSSR count). The third-order valence-corrected chi connectivity index (χ3v) is 5.76. The number of hydrogen-bond acceptors (Lipinski definition) is 2. The number of carbonyl (C=O) groups excluding carboxylic acids is 1. The summed E-state index contributed by atoms with van der Waals surface area (Å²) in [7, 11) is 0. The molecule has 1 amide bonds. The van der Waals surface area contributed by atoms with E-state index in [-0.39, 0.29) is 5.41 Å². The molecule has 21 heavy (non-hydrogen) atoms. The molecular weight excluding hydrogens is 260 g/mol. The van der Waals surface area contributed by atoms with Gasteiger partial charge in [0, 0.05) is 19.0 Å². The van der Waals surface area contributed by atoms with E-state index in [0.717, 1.165) is 31.8 Å². The summed E-state index contributed by atoms with van der Waals surface area (Å²) in [6.45, 7) is 8.53. The number of amides is 1. The van der Waals surface area contributed by atoms with Crippen molar-refractivity contribution in [3.8, 4) is 0 Å². The summed E-state index contributed by atoms with van der Waals surface area (Å²) >= 11 is 0. The second kappa shape index (κ2) is 7.13. The molecule has 3 unspecified atom stereocenters. The second-order valence-corrected chi connectivity index (χ2v) is 8.17. The number of nitrogens with two attached hydrogens (primary N) is 1. The predicted molar refractivity (Wildman–Crippen MR) is 87.9 cm³/mol. The maximum atomic E-state index is 12.7. The van der Waals surface area contributed by atoms with Crippen LogP contribution in [0.5, 0.6) is 0 Å². The van der Waals surface area contributed by atoms with Crippen molar-refractivity contribution >= 4 is 5.91 Å². The highest BCUT2D eigenvalue weighted by atomic mass is 16.2. The van der Waals surface area contributed by atoms with Crippen LogP contribution >= 0.6 is 0 Å². The third-order valence-electron chi connectivity index (χ3n) is 5.76. The first-order valence-corrected chi connectivity index (χ1v) is 8.93. The lowest BCUT2D eigenvalue weighted by atomic mass is 9.76. The topological polar surface area (TPSA) is 46.3 Å². The van der Waals surface area contributed by atoms with E-state index in [1.54, 1.807) is 0 Å². The lowest BCUT2D eigenvalue weighted by molar-refractivity contribution is -0.136. The number of nitrogens with zero attached hydrogens (tertiary/aromatic N) is 1. The van der Waals surface area contributed by atoms with E-state index in [9.17, 15) is 4.79 Å². The SMILES string of the molecule is CC(C)(C)C(CCN)CCC(=O)N1CCCC2CCCC21. The second-order valence-electron chi connectivity index (χ2n) is 8.17. The van der Waals surface area contributed by atoms with Gasteiger partial charge in [0.05, 0.1) is 0 Å². The Morgan fingerprint density at radius 3 is 2.57 bits per heavy atom. The lowest BCUT2D eigenvalue weighted by Crippen LogP contribution is -2.46. The minimum atomic E-state index is 0.247. The highest BCUT2D eigenvalue weighted by molar-refractivity contribution is 5.76. The van der Waals surface area contributed by atoms with E-state index in [4.69, 9.17) is 5.73 Å². The van der Waals surface area contributed by atoms with Gasteiger partial charge in [-0.25, -0.2) is 0 Å². The van der Waals surface area contributed by atoms with Gasteiger partial charge in [-0.3, -0.25) is 4.79 Å². The maximum Gasteiger partial charge on any atom is 0.222 e. The van der Waals surface area contributed by atoms with Gasteiger partial charge in [-0.05, 0) is 62.3 Å². The highest BCUT2D eigenvalue weighted by Gasteiger charge is 2.37. The van der Waals surface area contributed by atoms with Crippen LogP contribution in [0.4, 0.5) is 0 Å². The van der Waals surface area contributed by atoms with Gasteiger partial charge >= 0.3 is 0 Å². The van der Waals surface area contributed by atoms with E-state index in [2.05, 4.69) is 25.7 Å². The number of fused-ring (bicyclic) bond motifs is 1. The molecule has 0 spiro atoms. The van der Waals surface area contributed by atoms with Gasteiger partial charge in [-0.15, -0.1) is 0 Å². The largest absolute Gasteiger partial charge is 0.339 e. The maximum absolute atomic E-state index is 12.7. The van der Waals surface area contributed by atoms with Crippen LogP contribution in [-0.2, 0) is 4.79 Å². The Hall–Kier alpha value is -0.570. The summed E-state index contributed by atoms with van der Waals surface area (Å²) in [4.78, 5) is 14.9. The summed E-state index contributed by atoms with van der Waals surface area (Å²) in [5.41, 5.74) is 6.00. The molecule has 1 saturated heterocycles. The molecule has 2 fully saturated rings. The van der Waals surface area contributed by atoms with Crippen LogP contribution in [0, 0.1) is 17.3 Å². The monoisotopic (exact) mass is 294 g/mol. The first-order chi connectivity index (χ1) is 9.93. The Labute approximate surface area is 130 Å². The number of carbonyl (C=O) groups is 1. The molecule has 0 bridgehead atoms. The Balaban J connectivity index is 1.88. The van der Waals surface area contributed by atoms with Gasteiger partial charge in [0.1, 0.15) is 0 Å². The minimum Gasteiger partial charge on any atom is -0.339 e. The van der Waals surface area contributed by atoms with Crippen LogP contribution in [0.25, 0.3) is 0 Å². The average molecular weight is 294 g/mol. The molecule has 1 aliphatic carbocycles. The Morgan fingerprint density at radius 2 is 1.90 bits per heavy atom. The van der Waals surface area contributed by atoms with Gasteiger partial charge < -0.3 is 10.6 Å². The fourth-order valence-corrected chi connectivity index (χ4v) is 4.42. The molecule has 2 aliphatic rings. The van der Waals surface area contributed by atoms with Crippen molar-refractivity contribution in [2.75, 3.05) is 13.1 Å². The van der Waals surface area contributed by atoms with E-state index < -0.39 is 0 Å². The number of rotatable bonds is 5. The zero-order valence-electron chi connectivity index (χ0n) is 14.2. The summed E-state index contributed by atoms with van der Waals surface area (Å²) in [6.07, 6.45) is 9.18. The van der Waals surface area contributed by atoms with Crippen molar-refractivity contribution in [2.45, 2.75) is 78.2 Å². The average Bonchev–Trinajstić information content (AvgIpc) is 2.89. The smallest absolute Gasteiger partial charge is 0.222 e. The molecule has 3 atom stereocenters. The summed E-state index contributed by atoms with van der Waals surface area (Å²) < 4.78 is 0. The standard InChI is InChI=1S/C18H34N2O/c1-18(2,3)15(11-12-19)9-10-17(21)20-13-5-7-14-6-4-8-16(14)20/h14-16H,4-13,19H2,1-3H3. The van der Waals surface area contributed by atoms with Crippen LogP contribution in [0.15, 0.2) is 0 Å². The number of likely N-dealkylation sites (tertiary alicyclic amines) is 1. The fraction of sp³-hybridized carbons (Fsp3) is 0.944. The Morgan fingerprint density at radius 1 is 1.19 bits per heavy atom. The number of hydrogen-bond donors (Lipinski definition) is 1. The van der Waals surface area contributed by atoms with Crippen LogP contribution in [0.3, 0.4) is 0 Å². The van der Waals surface area contributed by atoms with Crippen LogP contribution in [-0.4, -0.2) is 29.9 Å². The molecule has 3 nitrogen and oxygen atoms in total. The van der Waals surface area contributed by atoms with Crippen LogP contribution in [0.1, 0.15) is 72.1 Å². The van der Waals surface area contributed by atoms with Gasteiger partial charge in [-0.2, -0.15) is 0 Å². The Bertz CT molecular complexity index is 348. The van der Waals surface area contributed by atoms with Crippen LogP contribution in [0.2, 0.25) is 0 Å². The summed E-state index contributed by atoms with van der Waals surface area (Å²) in [5.74, 6) is 1.75. The first-order valence-electron chi connectivity index (χ1n) is 8.93. The molecule has 2 N–H and O–H groups in total. The molecule has 1 aliphatic heterocycles. The fourth-order valence-electron chi connectivity index (χ4n) is 4.42. The van der Waals surface area contributed by atoms with Crippen molar-refractivity contribution in [3.63, 3.8) is 0 Å². The minimum absolute atomic E-state index is 0.247. The molecule has 1 heterocycles. The van der Waals surface area contributed by atoms with Crippen molar-refractivity contribution in [1.29, 1.82) is 0 Å². The van der Waals surface area contributed by atoms with Crippen LogP contribution < -0.4 is 5.73 Å². The van der Waals surface area contributed by atoms with Gasteiger partial charge in [0.25, 0.3) is 0 Å². The normalized spacial score (nSPS) is 27.5. The summed E-state index contributed by atoms with van der Waals surface area (Å²) in [5, 5.41) is 0. The summed E-state index contributed by atoms with van der Waals surface area (Å²) in [6, 6.07) is 0.564.